The number of nitrogens with one attached hydrogen (secondary N) is 1. The molecule has 1 aromatic heterocycles. The van der Waals surface area contributed by atoms with E-state index in [1.165, 1.54) is 6.42 Å². The second kappa shape index (κ2) is 8.65. The molecular formula is C28H38ClN3O2. The fourth-order valence-electron chi connectivity index (χ4n) is 8.31. The second-order valence-electron chi connectivity index (χ2n) is 11.7. The molecule has 3 aliphatic carbocycles. The van der Waals surface area contributed by atoms with Gasteiger partial charge in [-0.05, 0) is 86.2 Å². The minimum absolute atomic E-state index is 0.0161. The number of hydrogen-bond acceptors (Lipinski definition) is 3. The van der Waals surface area contributed by atoms with E-state index in [4.69, 9.17) is 11.6 Å². The quantitative estimate of drug-likeness (QED) is 0.559. The molecule has 5 nitrogen and oxygen atoms in total. The summed E-state index contributed by atoms with van der Waals surface area (Å²) in [6.45, 7) is 6.86. The van der Waals surface area contributed by atoms with Crippen LogP contribution >= 0.6 is 11.6 Å². The van der Waals surface area contributed by atoms with Gasteiger partial charge in [-0.3, -0.25) is 14.6 Å². The Morgan fingerprint density at radius 3 is 2.79 bits per heavy atom. The van der Waals surface area contributed by atoms with Gasteiger partial charge >= 0.3 is 0 Å². The molecule has 2 saturated carbocycles. The number of fused-ring (bicyclic) bond motifs is 5. The molecule has 0 aromatic carbocycles. The Morgan fingerprint density at radius 2 is 2.03 bits per heavy atom. The predicted molar refractivity (Wildman–Crippen MR) is 135 cm³/mol. The summed E-state index contributed by atoms with van der Waals surface area (Å²) in [5.41, 5.74) is 3.09. The average molecular weight is 484 g/mol. The number of nitrogens with zero attached hydrogens (tertiary/aromatic N) is 2. The first-order chi connectivity index (χ1) is 16.2. The topological polar surface area (TPSA) is 62.3 Å². The zero-order valence-electron chi connectivity index (χ0n) is 21.0. The zero-order chi connectivity index (χ0) is 24.3. The average Bonchev–Trinajstić information content (AvgIpc) is 3.13. The van der Waals surface area contributed by atoms with E-state index in [1.807, 2.05) is 24.1 Å². The lowest BCUT2D eigenvalue weighted by Gasteiger charge is -2.59. The first-order valence-corrected chi connectivity index (χ1v) is 13.5. The maximum atomic E-state index is 13.0. The Morgan fingerprint density at radius 1 is 1.24 bits per heavy atom. The number of carbonyl (C=O) groups excluding carboxylic acids is 2. The summed E-state index contributed by atoms with van der Waals surface area (Å²) in [7, 11) is 1.90. The van der Waals surface area contributed by atoms with Crippen LogP contribution in [0.1, 0.15) is 77.8 Å². The number of aromatic nitrogens is 1. The lowest BCUT2D eigenvalue weighted by molar-refractivity contribution is -0.136. The van der Waals surface area contributed by atoms with Gasteiger partial charge in [0.1, 0.15) is 0 Å². The van der Waals surface area contributed by atoms with Gasteiger partial charge in [0.05, 0.1) is 0 Å². The maximum absolute atomic E-state index is 13.0. The maximum Gasteiger partial charge on any atom is 0.226 e. The number of aryl methyl sites for hydroxylation is 1. The Bertz CT molecular complexity index is 1040. The molecule has 3 fully saturated rings. The van der Waals surface area contributed by atoms with Crippen molar-refractivity contribution in [3.8, 4) is 0 Å². The molecule has 0 radical (unpaired) electrons. The van der Waals surface area contributed by atoms with Crippen molar-refractivity contribution in [3.63, 3.8) is 0 Å². The first kappa shape index (κ1) is 23.8. The molecule has 6 heteroatoms. The van der Waals surface area contributed by atoms with Gasteiger partial charge in [-0.1, -0.05) is 32.4 Å². The van der Waals surface area contributed by atoms with Crippen LogP contribution in [0.2, 0.25) is 0 Å². The molecule has 6 atom stereocenters. The molecule has 4 aliphatic rings. The van der Waals surface area contributed by atoms with Crippen LogP contribution in [0.3, 0.4) is 0 Å². The van der Waals surface area contributed by atoms with Gasteiger partial charge in [0.25, 0.3) is 0 Å². The molecule has 34 heavy (non-hydrogen) atoms. The highest BCUT2D eigenvalue weighted by Crippen LogP contribution is 2.67. The molecule has 5 rings (SSSR count). The van der Waals surface area contributed by atoms with E-state index in [2.05, 4.69) is 31.1 Å². The monoisotopic (exact) mass is 483 g/mol. The van der Waals surface area contributed by atoms with Crippen molar-refractivity contribution >= 4 is 29.1 Å². The lowest BCUT2D eigenvalue weighted by atomic mass is 9.49. The highest BCUT2D eigenvalue weighted by Gasteiger charge is 2.60. The van der Waals surface area contributed by atoms with Crippen molar-refractivity contribution in [1.82, 2.24) is 9.88 Å². The summed E-state index contributed by atoms with van der Waals surface area (Å²) >= 11 is 6.95. The van der Waals surface area contributed by atoms with Crippen LogP contribution in [-0.2, 0) is 16.0 Å². The van der Waals surface area contributed by atoms with Crippen LogP contribution < -0.4 is 5.32 Å². The fourth-order valence-corrected chi connectivity index (χ4v) is 8.83. The van der Waals surface area contributed by atoms with Gasteiger partial charge in [0.2, 0.25) is 11.8 Å². The van der Waals surface area contributed by atoms with Crippen LogP contribution in [0.25, 0.3) is 0 Å². The molecule has 1 saturated heterocycles. The molecule has 184 valence electrons. The van der Waals surface area contributed by atoms with Crippen molar-refractivity contribution in [2.45, 2.75) is 78.6 Å². The molecular weight excluding hydrogens is 446 g/mol. The van der Waals surface area contributed by atoms with Crippen LogP contribution in [0.15, 0.2) is 29.1 Å². The third-order valence-corrected chi connectivity index (χ3v) is 10.5. The molecule has 1 unspecified atom stereocenters. The third-order valence-electron chi connectivity index (χ3n) is 10.1. The summed E-state index contributed by atoms with van der Waals surface area (Å²) in [5.74, 6) is 2.41. The Balaban J connectivity index is 1.34. The smallest absolute Gasteiger partial charge is 0.226 e. The number of rotatable bonds is 4. The van der Waals surface area contributed by atoms with E-state index in [1.54, 1.807) is 6.20 Å². The van der Waals surface area contributed by atoms with Crippen LogP contribution in [0, 0.1) is 34.5 Å². The van der Waals surface area contributed by atoms with E-state index in [0.717, 1.165) is 60.6 Å². The number of halogens is 1. The van der Waals surface area contributed by atoms with E-state index < -0.39 is 0 Å². The van der Waals surface area contributed by atoms with Gasteiger partial charge in [-0.25, -0.2) is 0 Å². The van der Waals surface area contributed by atoms with Crippen molar-refractivity contribution < 1.29 is 9.59 Å². The number of hydrogen-bond donors (Lipinski definition) is 1. The summed E-state index contributed by atoms with van der Waals surface area (Å²) in [6.07, 6.45) is 10.2. The van der Waals surface area contributed by atoms with Crippen LogP contribution in [-0.4, -0.2) is 28.7 Å². The highest BCUT2D eigenvalue weighted by atomic mass is 35.5. The minimum atomic E-state index is -0.0161. The highest BCUT2D eigenvalue weighted by molar-refractivity contribution is 6.30. The predicted octanol–water partition coefficient (Wildman–Crippen LogP) is 6.14. The van der Waals surface area contributed by atoms with E-state index in [9.17, 15) is 9.59 Å². The van der Waals surface area contributed by atoms with Gasteiger partial charge in [0, 0.05) is 53.6 Å². The summed E-state index contributed by atoms with van der Waals surface area (Å²) in [4.78, 5) is 31.6. The summed E-state index contributed by atoms with van der Waals surface area (Å²) in [6, 6.07) is 3.85. The minimum Gasteiger partial charge on any atom is -0.326 e. The number of carbonyl (C=O) groups is 2. The third kappa shape index (κ3) is 3.70. The SMILES string of the molecule is CCc1cc(NC(=O)CC2CC[C@H]3[C@@H]4CC(Cl)=C5N(C)C(=O)CC[C@]5(C)[C@H]4CC[C@]23C)ccn1. The van der Waals surface area contributed by atoms with Gasteiger partial charge in [-0.2, -0.15) is 0 Å². The number of likely N-dealkylation sites (tertiary alicyclic amines) is 1. The molecule has 1 aromatic rings. The molecule has 1 aliphatic heterocycles. The molecule has 2 amide bonds. The number of amides is 2. The van der Waals surface area contributed by atoms with Gasteiger partial charge in [-0.15, -0.1) is 0 Å². The van der Waals surface area contributed by atoms with Gasteiger partial charge < -0.3 is 10.2 Å². The van der Waals surface area contributed by atoms with Crippen molar-refractivity contribution in [2.24, 2.45) is 34.5 Å². The number of piperidine rings is 1. The number of anilines is 1. The standard InChI is InChI=1S/C28H38ClN3O2/c1-5-18-15-19(10-13-30-18)31-24(33)14-17-6-7-21-20-16-23(29)26-28(3,12-9-25(34)32(26)4)22(20)8-11-27(17,21)2/h10,13,15,17,20-22H,5-9,11-12,14,16H2,1-4H3,(H,30,31,33)/t17?,20-,21-,22-,27+,28+/m0/s1. The van der Waals surface area contributed by atoms with Crippen LogP contribution in [0.4, 0.5) is 5.69 Å². The normalized spacial score (nSPS) is 37.2. The molecule has 0 spiro atoms. The first-order valence-electron chi connectivity index (χ1n) is 13.1. The Kier molecular flexibility index (Phi) is 6.07. The van der Waals surface area contributed by atoms with E-state index >= 15 is 0 Å². The number of pyridine rings is 1. The lowest BCUT2D eigenvalue weighted by Crippen LogP contribution is -2.54. The molecule has 2 heterocycles. The summed E-state index contributed by atoms with van der Waals surface area (Å²) < 4.78 is 0. The largest absolute Gasteiger partial charge is 0.326 e. The fraction of sp³-hybridized carbons (Fsp3) is 0.679. The zero-order valence-corrected chi connectivity index (χ0v) is 21.8. The Labute approximate surface area is 208 Å². The van der Waals surface area contributed by atoms with Crippen LogP contribution in [0.5, 0.6) is 0 Å². The van der Waals surface area contributed by atoms with Crippen molar-refractivity contribution in [3.05, 3.63) is 34.8 Å². The number of allylic oxidation sites excluding steroid dienone is 2. The van der Waals surface area contributed by atoms with E-state index in [0.29, 0.717) is 36.5 Å². The van der Waals surface area contributed by atoms with Gasteiger partial charge in [0.15, 0.2) is 0 Å². The van der Waals surface area contributed by atoms with E-state index in [-0.39, 0.29) is 22.6 Å². The van der Waals surface area contributed by atoms with Crippen molar-refractivity contribution in [2.75, 3.05) is 12.4 Å². The second-order valence-corrected chi connectivity index (χ2v) is 12.1. The van der Waals surface area contributed by atoms with Crippen molar-refractivity contribution in [1.29, 1.82) is 0 Å². The molecule has 1 N–H and O–H groups in total. The molecule has 0 bridgehead atoms. The summed E-state index contributed by atoms with van der Waals surface area (Å²) in [5, 5.41) is 4.02. The Hall–Kier alpha value is -1.88.